The van der Waals surface area contributed by atoms with E-state index < -0.39 is 0 Å². The number of fused-ring (bicyclic) bond motifs is 1. The molecule has 5 heteroatoms. The van der Waals surface area contributed by atoms with E-state index >= 15 is 0 Å². The predicted octanol–water partition coefficient (Wildman–Crippen LogP) is 5.47. The number of hydrogen-bond donors (Lipinski definition) is 1. The van der Waals surface area contributed by atoms with E-state index in [0.29, 0.717) is 22.7 Å². The zero-order valence-corrected chi connectivity index (χ0v) is 17.3. The summed E-state index contributed by atoms with van der Waals surface area (Å²) in [5.41, 5.74) is 3.05. The molecule has 4 nitrogen and oxygen atoms in total. The Morgan fingerprint density at radius 2 is 1.79 bits per heavy atom. The number of halogens is 1. The van der Waals surface area contributed by atoms with Gasteiger partial charge >= 0.3 is 0 Å². The first-order chi connectivity index (χ1) is 14.0. The Morgan fingerprint density at radius 1 is 1.07 bits per heavy atom. The van der Waals surface area contributed by atoms with Gasteiger partial charge in [-0.1, -0.05) is 42.5 Å². The Morgan fingerprint density at radius 3 is 2.52 bits per heavy atom. The molecule has 0 unspecified atom stereocenters. The van der Waals surface area contributed by atoms with Gasteiger partial charge in [0.25, 0.3) is 11.5 Å². The van der Waals surface area contributed by atoms with Crippen molar-refractivity contribution in [2.75, 3.05) is 0 Å². The lowest BCUT2D eigenvalue weighted by Crippen LogP contribution is -2.42. The first-order valence-corrected chi connectivity index (χ1v) is 10.6. The number of benzene rings is 2. The van der Waals surface area contributed by atoms with Crippen LogP contribution in [-0.2, 0) is 6.54 Å². The second-order valence-electron chi connectivity index (χ2n) is 7.95. The van der Waals surface area contributed by atoms with Gasteiger partial charge in [-0.05, 0) is 67.6 Å². The van der Waals surface area contributed by atoms with E-state index in [9.17, 15) is 9.59 Å². The topological polar surface area (TPSA) is 53.2 Å². The number of pyridine rings is 1. The molecule has 1 fully saturated rings. The van der Waals surface area contributed by atoms with E-state index in [1.165, 1.54) is 6.42 Å². The molecule has 0 bridgehead atoms. The molecular formula is C24H25ClN2O2. The normalized spacial score (nSPS) is 14.8. The molecule has 0 spiro atoms. The van der Waals surface area contributed by atoms with E-state index in [4.69, 9.17) is 11.6 Å². The number of amides is 1. The van der Waals surface area contributed by atoms with E-state index in [0.717, 1.165) is 42.1 Å². The van der Waals surface area contributed by atoms with Gasteiger partial charge in [0.05, 0.1) is 6.54 Å². The van der Waals surface area contributed by atoms with Gasteiger partial charge in [-0.2, -0.15) is 0 Å². The van der Waals surface area contributed by atoms with Crippen molar-refractivity contribution in [3.63, 3.8) is 0 Å². The Hall–Kier alpha value is -2.59. The highest BCUT2D eigenvalue weighted by atomic mass is 35.5. The van der Waals surface area contributed by atoms with Crippen LogP contribution in [0.5, 0.6) is 0 Å². The van der Waals surface area contributed by atoms with Crippen LogP contribution in [0.2, 0.25) is 5.02 Å². The lowest BCUT2D eigenvalue weighted by Gasteiger charge is -2.34. The van der Waals surface area contributed by atoms with Crippen molar-refractivity contribution in [2.24, 2.45) is 0 Å². The van der Waals surface area contributed by atoms with Gasteiger partial charge in [-0.3, -0.25) is 9.59 Å². The van der Waals surface area contributed by atoms with Gasteiger partial charge in [-0.25, -0.2) is 0 Å². The zero-order valence-electron chi connectivity index (χ0n) is 16.6. The fourth-order valence-corrected chi connectivity index (χ4v) is 4.32. The fraction of sp³-hybridized carbons (Fsp3) is 0.333. The van der Waals surface area contributed by atoms with E-state index in [-0.39, 0.29) is 17.5 Å². The number of carbonyl (C=O) groups is 1. The van der Waals surface area contributed by atoms with Crippen molar-refractivity contribution in [2.45, 2.75) is 51.6 Å². The van der Waals surface area contributed by atoms with Crippen LogP contribution >= 0.6 is 11.6 Å². The summed E-state index contributed by atoms with van der Waals surface area (Å²) < 4.78 is 0. The summed E-state index contributed by atoms with van der Waals surface area (Å²) in [5.74, 6) is -0.0442. The molecule has 2 aromatic carbocycles. The maximum atomic E-state index is 13.4. The van der Waals surface area contributed by atoms with Crippen LogP contribution in [0.25, 0.3) is 10.9 Å². The van der Waals surface area contributed by atoms with Crippen molar-refractivity contribution < 1.29 is 4.79 Å². The van der Waals surface area contributed by atoms with Crippen molar-refractivity contribution in [3.8, 4) is 0 Å². The maximum Gasteiger partial charge on any atom is 0.254 e. The molecule has 0 radical (unpaired) electrons. The number of aryl methyl sites for hydroxylation is 1. The van der Waals surface area contributed by atoms with Gasteiger partial charge in [0, 0.05) is 27.7 Å². The minimum atomic E-state index is -0.133. The average Bonchev–Trinajstić information content (AvgIpc) is 2.73. The third kappa shape index (κ3) is 4.38. The number of aromatic amines is 1. The van der Waals surface area contributed by atoms with Gasteiger partial charge in [0.2, 0.25) is 0 Å². The second kappa shape index (κ2) is 8.42. The fourth-order valence-electron chi connectivity index (χ4n) is 4.19. The number of carbonyl (C=O) groups excluding carboxylic acids is 1. The summed E-state index contributed by atoms with van der Waals surface area (Å²) in [5, 5.41) is 1.59. The molecule has 4 rings (SSSR count). The van der Waals surface area contributed by atoms with Crippen LogP contribution in [0.3, 0.4) is 0 Å². The van der Waals surface area contributed by atoms with Crippen LogP contribution in [0.15, 0.2) is 53.3 Å². The minimum absolute atomic E-state index is 0.0442. The Balaban J connectivity index is 1.70. The standard InChI is InChI=1S/C24H25ClN2O2/c1-16-7-12-22-18(13-16)14-19(23(28)26-22)15-27(21-5-3-2-4-6-21)24(29)17-8-10-20(25)11-9-17/h7-14,21H,2-6,15H2,1H3,(H,26,28). The monoisotopic (exact) mass is 408 g/mol. The molecule has 1 saturated carbocycles. The highest BCUT2D eigenvalue weighted by Crippen LogP contribution is 2.26. The molecule has 1 N–H and O–H groups in total. The van der Waals surface area contributed by atoms with Crippen molar-refractivity contribution in [1.82, 2.24) is 9.88 Å². The summed E-state index contributed by atoms with van der Waals surface area (Å²) >= 11 is 5.99. The molecule has 1 aromatic heterocycles. The van der Waals surface area contributed by atoms with Crippen LogP contribution in [0, 0.1) is 6.92 Å². The lowest BCUT2D eigenvalue weighted by atomic mass is 9.93. The van der Waals surface area contributed by atoms with Crippen LogP contribution in [-0.4, -0.2) is 21.8 Å². The van der Waals surface area contributed by atoms with Crippen molar-refractivity contribution in [3.05, 3.63) is 80.6 Å². The van der Waals surface area contributed by atoms with Gasteiger partial charge in [-0.15, -0.1) is 0 Å². The Kier molecular flexibility index (Phi) is 5.72. The summed E-state index contributed by atoms with van der Waals surface area (Å²) in [6.45, 7) is 2.34. The first kappa shape index (κ1) is 19.7. The van der Waals surface area contributed by atoms with E-state index in [2.05, 4.69) is 11.1 Å². The van der Waals surface area contributed by atoms with Gasteiger partial charge in [0.15, 0.2) is 0 Å². The zero-order chi connectivity index (χ0) is 20.4. The SMILES string of the molecule is Cc1ccc2[nH]c(=O)c(CN(C(=O)c3ccc(Cl)cc3)C3CCCCC3)cc2c1. The summed E-state index contributed by atoms with van der Waals surface area (Å²) in [4.78, 5) is 30.9. The number of H-pyrrole nitrogens is 1. The summed E-state index contributed by atoms with van der Waals surface area (Å²) in [7, 11) is 0. The highest BCUT2D eigenvalue weighted by molar-refractivity contribution is 6.30. The van der Waals surface area contributed by atoms with Gasteiger partial charge in [0.1, 0.15) is 0 Å². The van der Waals surface area contributed by atoms with Crippen LogP contribution in [0.1, 0.15) is 53.6 Å². The molecule has 0 aliphatic heterocycles. The number of hydrogen-bond acceptors (Lipinski definition) is 2. The second-order valence-corrected chi connectivity index (χ2v) is 8.38. The molecule has 150 valence electrons. The number of nitrogens with zero attached hydrogens (tertiary/aromatic N) is 1. The largest absolute Gasteiger partial charge is 0.331 e. The molecule has 3 aromatic rings. The summed E-state index contributed by atoms with van der Waals surface area (Å²) in [6, 6.07) is 15.0. The summed E-state index contributed by atoms with van der Waals surface area (Å²) in [6.07, 6.45) is 5.38. The molecule has 0 atom stereocenters. The van der Waals surface area contributed by atoms with E-state index in [1.807, 2.05) is 30.0 Å². The lowest BCUT2D eigenvalue weighted by molar-refractivity contribution is 0.0613. The molecule has 1 heterocycles. The first-order valence-electron chi connectivity index (χ1n) is 10.2. The molecule has 1 aliphatic rings. The average molecular weight is 409 g/mol. The predicted molar refractivity (Wildman–Crippen MR) is 118 cm³/mol. The third-order valence-electron chi connectivity index (χ3n) is 5.78. The van der Waals surface area contributed by atoms with Crippen molar-refractivity contribution >= 4 is 28.4 Å². The number of aromatic nitrogens is 1. The van der Waals surface area contributed by atoms with Crippen LogP contribution in [0.4, 0.5) is 0 Å². The molecule has 1 aliphatic carbocycles. The van der Waals surface area contributed by atoms with E-state index in [1.54, 1.807) is 24.3 Å². The number of nitrogens with one attached hydrogen (secondary N) is 1. The maximum absolute atomic E-state index is 13.4. The van der Waals surface area contributed by atoms with Crippen LogP contribution < -0.4 is 5.56 Å². The molecule has 1 amide bonds. The smallest absolute Gasteiger partial charge is 0.254 e. The highest BCUT2D eigenvalue weighted by Gasteiger charge is 2.27. The van der Waals surface area contributed by atoms with Gasteiger partial charge < -0.3 is 9.88 Å². The molecular weight excluding hydrogens is 384 g/mol. The Labute approximate surface area is 175 Å². The number of rotatable bonds is 4. The Bertz CT molecular complexity index is 1080. The third-order valence-corrected chi connectivity index (χ3v) is 6.04. The molecule has 0 saturated heterocycles. The van der Waals surface area contributed by atoms with Crippen molar-refractivity contribution in [1.29, 1.82) is 0 Å². The minimum Gasteiger partial charge on any atom is -0.331 e. The molecule has 29 heavy (non-hydrogen) atoms. The quantitative estimate of drug-likeness (QED) is 0.622.